The Bertz CT molecular complexity index is 1340. The van der Waals surface area contributed by atoms with E-state index in [4.69, 9.17) is 20.8 Å². The molecule has 1 N–H and O–H groups in total. The van der Waals surface area contributed by atoms with E-state index < -0.39 is 0 Å². The number of oxazole rings is 1. The van der Waals surface area contributed by atoms with Crippen LogP contribution < -0.4 is 10.1 Å². The first kappa shape index (κ1) is 24.9. The van der Waals surface area contributed by atoms with E-state index >= 15 is 0 Å². The first-order valence-electron chi connectivity index (χ1n) is 12.6. The van der Waals surface area contributed by atoms with Crippen LogP contribution in [0.3, 0.4) is 0 Å². The van der Waals surface area contributed by atoms with Gasteiger partial charge in [0.25, 0.3) is 0 Å². The van der Waals surface area contributed by atoms with E-state index in [1.165, 1.54) is 24.8 Å². The molecule has 1 aliphatic heterocycles. The summed E-state index contributed by atoms with van der Waals surface area (Å²) < 4.78 is 11.9. The molecule has 1 saturated heterocycles. The SMILES string of the molecule is N#Cc1nc(-c2ccc(OCc3ccccc3Cl)cc2)oc1NCC(c1ccccc1)N1CCCCC1. The Balaban J connectivity index is 1.28. The minimum absolute atomic E-state index is 0.191. The zero-order valence-corrected chi connectivity index (χ0v) is 21.3. The van der Waals surface area contributed by atoms with Gasteiger partial charge < -0.3 is 14.5 Å². The molecule has 188 valence electrons. The summed E-state index contributed by atoms with van der Waals surface area (Å²) in [6, 6.07) is 27.9. The minimum Gasteiger partial charge on any atom is -0.489 e. The number of hydrogen-bond acceptors (Lipinski definition) is 6. The van der Waals surface area contributed by atoms with Crippen molar-refractivity contribution in [3.05, 3.63) is 101 Å². The molecule has 1 aromatic heterocycles. The molecule has 1 fully saturated rings. The van der Waals surface area contributed by atoms with E-state index in [2.05, 4.69) is 45.5 Å². The molecule has 3 aromatic carbocycles. The fourth-order valence-electron chi connectivity index (χ4n) is 4.66. The van der Waals surface area contributed by atoms with Gasteiger partial charge in [-0.25, -0.2) is 0 Å². The highest BCUT2D eigenvalue weighted by Gasteiger charge is 2.23. The number of nitrogens with zero attached hydrogens (tertiary/aromatic N) is 3. The molecule has 6 nitrogen and oxygen atoms in total. The molecule has 7 heteroatoms. The van der Waals surface area contributed by atoms with Gasteiger partial charge in [0.2, 0.25) is 17.5 Å². The first-order valence-corrected chi connectivity index (χ1v) is 13.0. The lowest BCUT2D eigenvalue weighted by Gasteiger charge is -2.35. The molecule has 1 aliphatic rings. The summed E-state index contributed by atoms with van der Waals surface area (Å²) in [6.45, 7) is 3.14. The number of rotatable bonds is 9. The highest BCUT2D eigenvalue weighted by molar-refractivity contribution is 6.31. The molecule has 2 heterocycles. The second kappa shape index (κ2) is 12.0. The Kier molecular flexibility index (Phi) is 8.05. The van der Waals surface area contributed by atoms with Crippen molar-refractivity contribution in [1.29, 1.82) is 5.26 Å². The topological polar surface area (TPSA) is 74.3 Å². The number of ether oxygens (including phenoxy) is 1. The highest BCUT2D eigenvalue weighted by Crippen LogP contribution is 2.30. The van der Waals surface area contributed by atoms with Crippen LogP contribution in [-0.4, -0.2) is 29.5 Å². The maximum atomic E-state index is 9.70. The average molecular weight is 513 g/mol. The second-order valence-electron chi connectivity index (χ2n) is 9.12. The molecule has 4 aromatic rings. The van der Waals surface area contributed by atoms with Gasteiger partial charge in [0.05, 0.1) is 6.04 Å². The van der Waals surface area contributed by atoms with E-state index in [1.807, 2.05) is 54.6 Å². The molecule has 0 amide bonds. The monoisotopic (exact) mass is 512 g/mol. The summed E-state index contributed by atoms with van der Waals surface area (Å²) in [5, 5.41) is 13.8. The van der Waals surface area contributed by atoms with Crippen LogP contribution in [0.1, 0.15) is 42.1 Å². The number of nitrogens with one attached hydrogen (secondary N) is 1. The fourth-order valence-corrected chi connectivity index (χ4v) is 4.85. The lowest BCUT2D eigenvalue weighted by molar-refractivity contribution is 0.170. The highest BCUT2D eigenvalue weighted by atomic mass is 35.5. The standard InChI is InChI=1S/C30H29ClN4O2/c31-26-12-6-5-11-24(26)21-36-25-15-13-23(14-16-25)29-34-27(19-32)30(37-29)33-20-28(22-9-3-1-4-10-22)35-17-7-2-8-18-35/h1,3-6,9-16,28,33H,2,7-8,17-18,20-21H2. The van der Waals surface area contributed by atoms with Gasteiger partial charge in [-0.05, 0) is 61.8 Å². The number of nitriles is 1. The number of hydrogen-bond donors (Lipinski definition) is 1. The van der Waals surface area contributed by atoms with Gasteiger partial charge in [-0.3, -0.25) is 4.90 Å². The number of aromatic nitrogens is 1. The predicted molar refractivity (Wildman–Crippen MR) is 146 cm³/mol. The minimum atomic E-state index is 0.191. The molecule has 5 rings (SSSR count). The van der Waals surface area contributed by atoms with Crippen molar-refractivity contribution in [2.75, 3.05) is 25.0 Å². The van der Waals surface area contributed by atoms with Crippen LogP contribution in [0.15, 0.2) is 83.3 Å². The van der Waals surface area contributed by atoms with Gasteiger partial charge in [0.15, 0.2) is 0 Å². The third-order valence-corrected chi connectivity index (χ3v) is 7.03. The normalized spacial score (nSPS) is 14.6. The molecular weight excluding hydrogens is 484 g/mol. The smallest absolute Gasteiger partial charge is 0.232 e. The Labute approximate surface area is 222 Å². The van der Waals surface area contributed by atoms with Crippen molar-refractivity contribution in [3.63, 3.8) is 0 Å². The number of likely N-dealkylation sites (tertiary alicyclic amines) is 1. The Morgan fingerprint density at radius 1 is 0.973 bits per heavy atom. The van der Waals surface area contributed by atoms with Crippen molar-refractivity contribution >= 4 is 17.5 Å². The summed E-state index contributed by atoms with van der Waals surface area (Å²) in [7, 11) is 0. The first-order chi connectivity index (χ1) is 18.2. The van der Waals surface area contributed by atoms with Gasteiger partial charge in [-0.15, -0.1) is 0 Å². The van der Waals surface area contributed by atoms with E-state index in [1.54, 1.807) is 0 Å². The number of anilines is 1. The van der Waals surface area contributed by atoms with Gasteiger partial charge in [0, 0.05) is 22.7 Å². The van der Waals surface area contributed by atoms with E-state index in [-0.39, 0.29) is 11.7 Å². The van der Waals surface area contributed by atoms with Crippen molar-refractivity contribution in [3.8, 4) is 23.3 Å². The molecule has 37 heavy (non-hydrogen) atoms. The third kappa shape index (κ3) is 6.14. The Hall–Kier alpha value is -3.79. The zero-order chi connectivity index (χ0) is 25.5. The van der Waals surface area contributed by atoms with E-state index in [0.717, 1.165) is 24.2 Å². The maximum absolute atomic E-state index is 9.70. The quantitative estimate of drug-likeness (QED) is 0.258. The molecule has 0 aliphatic carbocycles. The van der Waals surface area contributed by atoms with Gasteiger partial charge in [0.1, 0.15) is 18.4 Å². The molecule has 0 spiro atoms. The van der Waals surface area contributed by atoms with Gasteiger partial charge in [-0.1, -0.05) is 66.6 Å². The number of halogens is 1. The van der Waals surface area contributed by atoms with Crippen molar-refractivity contribution in [2.24, 2.45) is 0 Å². The maximum Gasteiger partial charge on any atom is 0.232 e. The van der Waals surface area contributed by atoms with Gasteiger partial charge in [-0.2, -0.15) is 10.2 Å². The van der Waals surface area contributed by atoms with E-state index in [9.17, 15) is 5.26 Å². The van der Waals surface area contributed by atoms with Crippen LogP contribution in [0.25, 0.3) is 11.5 Å². The Morgan fingerprint density at radius 2 is 1.70 bits per heavy atom. The lowest BCUT2D eigenvalue weighted by Crippen LogP contribution is -2.37. The lowest BCUT2D eigenvalue weighted by atomic mass is 10.0. The largest absolute Gasteiger partial charge is 0.489 e. The summed E-state index contributed by atoms with van der Waals surface area (Å²) in [5.74, 6) is 1.50. The molecule has 0 bridgehead atoms. The van der Waals surface area contributed by atoms with Gasteiger partial charge >= 0.3 is 0 Å². The van der Waals surface area contributed by atoms with Crippen LogP contribution >= 0.6 is 11.6 Å². The van der Waals surface area contributed by atoms with Crippen LogP contribution in [0, 0.1) is 11.3 Å². The second-order valence-corrected chi connectivity index (χ2v) is 9.52. The zero-order valence-electron chi connectivity index (χ0n) is 20.6. The summed E-state index contributed by atoms with van der Waals surface area (Å²) in [5.41, 5.74) is 3.20. The van der Waals surface area contributed by atoms with Crippen LogP contribution in [0.5, 0.6) is 5.75 Å². The Morgan fingerprint density at radius 3 is 2.43 bits per heavy atom. The van der Waals surface area contributed by atoms with Crippen LogP contribution in [0.2, 0.25) is 5.02 Å². The van der Waals surface area contributed by atoms with E-state index in [0.29, 0.717) is 35.7 Å². The van der Waals surface area contributed by atoms with Crippen molar-refractivity contribution in [2.45, 2.75) is 31.9 Å². The fraction of sp³-hybridized carbons (Fsp3) is 0.267. The predicted octanol–water partition coefficient (Wildman–Crippen LogP) is 7.08. The summed E-state index contributed by atoms with van der Waals surface area (Å²) >= 11 is 6.22. The van der Waals surface area contributed by atoms with Crippen molar-refractivity contribution in [1.82, 2.24) is 9.88 Å². The molecule has 1 atom stereocenters. The summed E-state index contributed by atoms with van der Waals surface area (Å²) in [4.78, 5) is 6.95. The molecule has 1 unspecified atom stereocenters. The van der Waals surface area contributed by atoms with Crippen LogP contribution in [-0.2, 0) is 6.61 Å². The number of piperidine rings is 1. The third-order valence-electron chi connectivity index (χ3n) is 6.66. The summed E-state index contributed by atoms with van der Waals surface area (Å²) in [6.07, 6.45) is 3.69. The molecular formula is C30H29ClN4O2. The van der Waals surface area contributed by atoms with Crippen molar-refractivity contribution < 1.29 is 9.15 Å². The molecule has 0 saturated carbocycles. The molecule has 0 radical (unpaired) electrons. The number of benzene rings is 3. The average Bonchev–Trinajstić information content (AvgIpc) is 3.37. The van der Waals surface area contributed by atoms with Crippen LogP contribution in [0.4, 0.5) is 5.88 Å².